The number of rotatable bonds is 4. The van der Waals surface area contributed by atoms with E-state index in [1.807, 2.05) is 31.2 Å². The number of hydrogen-bond donors (Lipinski definition) is 2. The number of aliphatic imine (C=N–C) groups is 1. The van der Waals surface area contributed by atoms with E-state index in [2.05, 4.69) is 10.3 Å². The molecule has 1 aliphatic heterocycles. The van der Waals surface area contributed by atoms with Crippen molar-refractivity contribution in [2.24, 2.45) is 4.99 Å². The standard InChI is InChI=1S/C19H16N2O4S/c1-11-3-6-13(18(23)24)10-15(11)20-19-21-17(22)16(26-19)9-12-4-7-14(25-2)8-5-12/h3-10H,1-2H3,(H,23,24)(H,20,21,22)/b16-9-. The van der Waals surface area contributed by atoms with Crippen molar-refractivity contribution in [3.05, 3.63) is 64.1 Å². The number of thioether (sulfide) groups is 1. The predicted molar refractivity (Wildman–Crippen MR) is 102 cm³/mol. The molecule has 0 saturated carbocycles. The lowest BCUT2D eigenvalue weighted by Gasteiger charge is -2.03. The molecule has 26 heavy (non-hydrogen) atoms. The van der Waals surface area contributed by atoms with E-state index in [-0.39, 0.29) is 11.5 Å². The fraction of sp³-hybridized carbons (Fsp3) is 0.105. The van der Waals surface area contributed by atoms with Crippen LogP contribution >= 0.6 is 11.8 Å². The molecule has 0 unspecified atom stereocenters. The molecule has 1 amide bonds. The van der Waals surface area contributed by atoms with Crippen molar-refractivity contribution >= 4 is 40.6 Å². The lowest BCUT2D eigenvalue weighted by atomic mass is 10.1. The van der Waals surface area contributed by atoms with Crippen molar-refractivity contribution in [2.75, 3.05) is 7.11 Å². The van der Waals surface area contributed by atoms with Gasteiger partial charge in [0.2, 0.25) is 0 Å². The number of benzene rings is 2. The number of carboxylic acid groups (broad SMARTS) is 1. The minimum Gasteiger partial charge on any atom is -0.497 e. The zero-order valence-electron chi connectivity index (χ0n) is 14.1. The third kappa shape index (κ3) is 3.94. The summed E-state index contributed by atoms with van der Waals surface area (Å²) in [5, 5.41) is 12.2. The Morgan fingerprint density at radius 3 is 2.62 bits per heavy atom. The molecule has 132 valence electrons. The number of amidine groups is 1. The SMILES string of the molecule is COc1ccc(/C=C2\SC(=Nc3cc(C(=O)O)ccc3C)NC2=O)cc1. The molecular weight excluding hydrogens is 352 g/mol. The highest BCUT2D eigenvalue weighted by atomic mass is 32.2. The van der Waals surface area contributed by atoms with Crippen LogP contribution in [0.4, 0.5) is 5.69 Å². The number of aromatic carboxylic acids is 1. The van der Waals surface area contributed by atoms with Gasteiger partial charge < -0.3 is 15.2 Å². The number of nitrogens with zero attached hydrogens (tertiary/aromatic N) is 1. The Morgan fingerprint density at radius 1 is 1.23 bits per heavy atom. The van der Waals surface area contributed by atoms with E-state index in [1.165, 1.54) is 23.9 Å². The highest BCUT2D eigenvalue weighted by molar-refractivity contribution is 8.18. The third-order valence-corrected chi connectivity index (χ3v) is 4.65. The smallest absolute Gasteiger partial charge is 0.335 e. The molecule has 0 aromatic heterocycles. The molecule has 0 radical (unpaired) electrons. The van der Waals surface area contributed by atoms with E-state index in [0.29, 0.717) is 15.8 Å². The fourth-order valence-corrected chi connectivity index (χ4v) is 3.14. The second kappa shape index (κ2) is 7.45. The van der Waals surface area contributed by atoms with Gasteiger partial charge in [0.25, 0.3) is 5.91 Å². The van der Waals surface area contributed by atoms with Crippen molar-refractivity contribution in [1.29, 1.82) is 0 Å². The van der Waals surface area contributed by atoms with Gasteiger partial charge in [-0.1, -0.05) is 18.2 Å². The summed E-state index contributed by atoms with van der Waals surface area (Å²) in [6.45, 7) is 1.83. The molecule has 0 atom stereocenters. The molecular formula is C19H16N2O4S. The Labute approximate surface area is 154 Å². The van der Waals surface area contributed by atoms with E-state index in [1.54, 1.807) is 19.3 Å². The van der Waals surface area contributed by atoms with Crippen molar-refractivity contribution in [3.63, 3.8) is 0 Å². The molecule has 2 aromatic rings. The Kier molecular flexibility index (Phi) is 5.09. The van der Waals surface area contributed by atoms with E-state index >= 15 is 0 Å². The summed E-state index contributed by atoms with van der Waals surface area (Å²) in [5.74, 6) is -0.516. The first-order valence-electron chi connectivity index (χ1n) is 7.74. The van der Waals surface area contributed by atoms with Crippen LogP contribution in [0.3, 0.4) is 0 Å². The van der Waals surface area contributed by atoms with Gasteiger partial charge in [-0.25, -0.2) is 9.79 Å². The van der Waals surface area contributed by atoms with E-state index in [0.717, 1.165) is 16.9 Å². The van der Waals surface area contributed by atoms with Gasteiger partial charge >= 0.3 is 5.97 Å². The summed E-state index contributed by atoms with van der Waals surface area (Å²) in [6, 6.07) is 12.1. The average molecular weight is 368 g/mol. The molecule has 0 aliphatic carbocycles. The first-order chi connectivity index (χ1) is 12.5. The maximum absolute atomic E-state index is 12.2. The van der Waals surface area contributed by atoms with Crippen molar-refractivity contribution < 1.29 is 19.4 Å². The highest BCUT2D eigenvalue weighted by Gasteiger charge is 2.24. The monoisotopic (exact) mass is 368 g/mol. The molecule has 1 heterocycles. The summed E-state index contributed by atoms with van der Waals surface area (Å²) < 4.78 is 5.12. The lowest BCUT2D eigenvalue weighted by Crippen LogP contribution is -2.19. The minimum absolute atomic E-state index is 0.151. The number of carbonyl (C=O) groups excluding carboxylic acids is 1. The first kappa shape index (κ1) is 17.8. The summed E-state index contributed by atoms with van der Waals surface area (Å²) in [4.78, 5) is 28.2. The molecule has 2 aromatic carbocycles. The quantitative estimate of drug-likeness (QED) is 0.805. The third-order valence-electron chi connectivity index (χ3n) is 3.74. The zero-order chi connectivity index (χ0) is 18.7. The minimum atomic E-state index is -1.02. The highest BCUT2D eigenvalue weighted by Crippen LogP contribution is 2.29. The molecule has 2 N–H and O–H groups in total. The molecule has 3 rings (SSSR count). The van der Waals surface area contributed by atoms with Crippen LogP contribution in [0.5, 0.6) is 5.75 Å². The van der Waals surface area contributed by atoms with Gasteiger partial charge in [-0.15, -0.1) is 0 Å². The van der Waals surface area contributed by atoms with Gasteiger partial charge in [0.1, 0.15) is 5.75 Å². The molecule has 1 aliphatic rings. The van der Waals surface area contributed by atoms with Gasteiger partial charge in [0.05, 0.1) is 23.3 Å². The van der Waals surface area contributed by atoms with Crippen LogP contribution in [0, 0.1) is 6.92 Å². The van der Waals surface area contributed by atoms with Gasteiger partial charge in [-0.05, 0) is 60.2 Å². The molecule has 1 fully saturated rings. The largest absolute Gasteiger partial charge is 0.497 e. The summed E-state index contributed by atoms with van der Waals surface area (Å²) >= 11 is 1.21. The van der Waals surface area contributed by atoms with Crippen LogP contribution in [0.2, 0.25) is 0 Å². The van der Waals surface area contributed by atoms with Crippen molar-refractivity contribution in [1.82, 2.24) is 5.32 Å². The lowest BCUT2D eigenvalue weighted by molar-refractivity contribution is -0.115. The van der Waals surface area contributed by atoms with Crippen LogP contribution < -0.4 is 10.1 Å². The van der Waals surface area contributed by atoms with Gasteiger partial charge in [-0.3, -0.25) is 4.79 Å². The van der Waals surface area contributed by atoms with E-state index in [9.17, 15) is 9.59 Å². The number of methoxy groups -OCH3 is 1. The normalized spacial score (nSPS) is 16.8. The van der Waals surface area contributed by atoms with E-state index < -0.39 is 5.97 Å². The molecule has 1 saturated heterocycles. The molecule has 7 heteroatoms. The zero-order valence-corrected chi connectivity index (χ0v) is 15.0. The van der Waals surface area contributed by atoms with Crippen molar-refractivity contribution in [2.45, 2.75) is 6.92 Å². The second-order valence-electron chi connectivity index (χ2n) is 5.56. The van der Waals surface area contributed by atoms with Crippen LogP contribution in [0.15, 0.2) is 52.4 Å². The molecule has 0 bridgehead atoms. The van der Waals surface area contributed by atoms with Gasteiger partial charge in [0, 0.05) is 0 Å². The van der Waals surface area contributed by atoms with Gasteiger partial charge in [-0.2, -0.15) is 0 Å². The number of carboxylic acids is 1. The van der Waals surface area contributed by atoms with Crippen LogP contribution in [0.25, 0.3) is 6.08 Å². The Bertz CT molecular complexity index is 933. The Morgan fingerprint density at radius 2 is 1.96 bits per heavy atom. The second-order valence-corrected chi connectivity index (χ2v) is 6.59. The maximum Gasteiger partial charge on any atom is 0.335 e. The Balaban J connectivity index is 1.85. The van der Waals surface area contributed by atoms with Crippen molar-refractivity contribution in [3.8, 4) is 5.75 Å². The summed E-state index contributed by atoms with van der Waals surface area (Å²) in [6.07, 6.45) is 1.77. The summed E-state index contributed by atoms with van der Waals surface area (Å²) in [5.41, 5.74) is 2.36. The molecule has 0 spiro atoms. The number of ether oxygens (including phenoxy) is 1. The Hall–Kier alpha value is -3.06. The van der Waals surface area contributed by atoms with Crippen LogP contribution in [-0.4, -0.2) is 29.3 Å². The number of hydrogen-bond acceptors (Lipinski definition) is 5. The number of nitrogens with one attached hydrogen (secondary N) is 1. The predicted octanol–water partition coefficient (Wildman–Crippen LogP) is 3.59. The van der Waals surface area contributed by atoms with E-state index in [4.69, 9.17) is 9.84 Å². The fourth-order valence-electron chi connectivity index (χ4n) is 2.30. The molecule has 6 nitrogen and oxygen atoms in total. The summed E-state index contributed by atoms with van der Waals surface area (Å²) in [7, 11) is 1.60. The van der Waals surface area contributed by atoms with Crippen LogP contribution in [-0.2, 0) is 4.79 Å². The van der Waals surface area contributed by atoms with Crippen LogP contribution in [0.1, 0.15) is 21.5 Å². The maximum atomic E-state index is 12.2. The number of amides is 1. The van der Waals surface area contributed by atoms with Gasteiger partial charge in [0.15, 0.2) is 5.17 Å². The first-order valence-corrected chi connectivity index (χ1v) is 8.55. The number of carbonyl (C=O) groups is 2. The number of aryl methyl sites for hydroxylation is 1. The topological polar surface area (TPSA) is 88.0 Å². The average Bonchev–Trinajstić information content (AvgIpc) is 2.96.